The molecule has 226 valence electrons. The lowest BCUT2D eigenvalue weighted by Gasteiger charge is -2.32. The summed E-state index contributed by atoms with van der Waals surface area (Å²) >= 11 is 0. The highest BCUT2D eigenvalue weighted by Crippen LogP contribution is 2.34. The quantitative estimate of drug-likeness (QED) is 0.270. The van der Waals surface area contributed by atoms with Crippen molar-refractivity contribution >= 4 is 27.5 Å². The lowest BCUT2D eigenvalue weighted by Crippen LogP contribution is -2.51. The molecular weight excluding hydrogens is 561 g/mol. The van der Waals surface area contributed by atoms with Crippen LogP contribution in [0, 0.1) is 12.7 Å². The summed E-state index contributed by atoms with van der Waals surface area (Å²) in [5, 5.41) is 2.83. The van der Waals surface area contributed by atoms with Crippen molar-refractivity contribution in [2.45, 2.75) is 51.1 Å². The van der Waals surface area contributed by atoms with E-state index in [9.17, 15) is 22.4 Å². The van der Waals surface area contributed by atoms with Gasteiger partial charge in [-0.25, -0.2) is 12.8 Å². The molecule has 11 heteroatoms. The van der Waals surface area contributed by atoms with Crippen molar-refractivity contribution in [2.75, 3.05) is 31.6 Å². The molecule has 0 aromatic heterocycles. The van der Waals surface area contributed by atoms with E-state index in [1.54, 1.807) is 25.1 Å². The number of rotatable bonds is 14. The molecule has 0 saturated carbocycles. The second-order valence-corrected chi connectivity index (χ2v) is 11.7. The van der Waals surface area contributed by atoms with Crippen LogP contribution in [0.25, 0.3) is 0 Å². The first-order chi connectivity index (χ1) is 20.0. The van der Waals surface area contributed by atoms with Gasteiger partial charge in [-0.1, -0.05) is 43.2 Å². The first-order valence-electron chi connectivity index (χ1n) is 13.6. The second kappa shape index (κ2) is 14.7. The van der Waals surface area contributed by atoms with Gasteiger partial charge in [0.15, 0.2) is 11.5 Å². The Labute approximate surface area is 247 Å². The summed E-state index contributed by atoms with van der Waals surface area (Å²) in [7, 11) is -1.36. The minimum absolute atomic E-state index is 0.00822. The van der Waals surface area contributed by atoms with Crippen LogP contribution in [0.4, 0.5) is 10.1 Å². The number of nitrogens with one attached hydrogen (secondary N) is 1. The van der Waals surface area contributed by atoms with Crippen molar-refractivity contribution in [1.29, 1.82) is 0 Å². The van der Waals surface area contributed by atoms with Crippen molar-refractivity contribution in [1.82, 2.24) is 10.2 Å². The van der Waals surface area contributed by atoms with Crippen LogP contribution in [0.15, 0.2) is 71.6 Å². The van der Waals surface area contributed by atoms with Gasteiger partial charge in [-0.2, -0.15) is 0 Å². The summed E-state index contributed by atoms with van der Waals surface area (Å²) in [6.07, 6.45) is 1.65. The molecule has 3 aromatic carbocycles. The van der Waals surface area contributed by atoms with Gasteiger partial charge in [0, 0.05) is 19.2 Å². The summed E-state index contributed by atoms with van der Waals surface area (Å²) in [6, 6.07) is 15.5. The molecule has 42 heavy (non-hydrogen) atoms. The number of hydrogen-bond acceptors (Lipinski definition) is 6. The average molecular weight is 600 g/mol. The van der Waals surface area contributed by atoms with Gasteiger partial charge in [-0.3, -0.25) is 13.9 Å². The summed E-state index contributed by atoms with van der Waals surface area (Å²) in [5.41, 5.74) is 1.62. The van der Waals surface area contributed by atoms with Crippen LogP contribution in [-0.4, -0.2) is 58.5 Å². The zero-order valence-corrected chi connectivity index (χ0v) is 25.4. The van der Waals surface area contributed by atoms with Crippen molar-refractivity contribution in [3.8, 4) is 11.5 Å². The summed E-state index contributed by atoms with van der Waals surface area (Å²) in [5.74, 6) is -0.777. The van der Waals surface area contributed by atoms with E-state index in [1.807, 2.05) is 13.8 Å². The molecule has 0 spiro atoms. The van der Waals surface area contributed by atoms with Gasteiger partial charge in [0.1, 0.15) is 18.4 Å². The zero-order valence-electron chi connectivity index (χ0n) is 24.6. The maximum Gasteiger partial charge on any atom is 0.264 e. The molecule has 1 atom stereocenters. The molecule has 1 unspecified atom stereocenters. The maximum atomic E-state index is 14.0. The predicted octanol–water partition coefficient (Wildman–Crippen LogP) is 4.68. The number of anilines is 1. The first-order valence-corrected chi connectivity index (χ1v) is 15.1. The molecule has 1 N–H and O–H groups in total. The monoisotopic (exact) mass is 599 g/mol. The van der Waals surface area contributed by atoms with Gasteiger partial charge in [0.2, 0.25) is 11.8 Å². The molecule has 0 saturated heterocycles. The van der Waals surface area contributed by atoms with E-state index < -0.39 is 34.3 Å². The van der Waals surface area contributed by atoms with Crippen LogP contribution in [0.5, 0.6) is 11.5 Å². The highest BCUT2D eigenvalue weighted by atomic mass is 32.2. The normalized spacial score (nSPS) is 11.9. The lowest BCUT2D eigenvalue weighted by atomic mass is 10.1. The van der Waals surface area contributed by atoms with Crippen molar-refractivity contribution in [3.05, 3.63) is 83.7 Å². The minimum Gasteiger partial charge on any atom is -0.493 e. The van der Waals surface area contributed by atoms with Crippen LogP contribution in [0.3, 0.4) is 0 Å². The van der Waals surface area contributed by atoms with Gasteiger partial charge in [0.05, 0.1) is 24.8 Å². The standard InChI is InChI=1S/C31H38FN3O6S/c1-6-7-18-33-31(37)23(3)34(20-24-10-12-25(32)13-11-24)30(36)21-35(26-14-17-28(40-4)29(19-26)41-5)42(38,39)27-15-8-22(2)9-16-27/h8-17,19,23H,6-7,18,20-21H2,1-5H3,(H,33,37). The second-order valence-electron chi connectivity index (χ2n) is 9.83. The fraction of sp³-hybridized carbons (Fsp3) is 0.355. The van der Waals surface area contributed by atoms with Gasteiger partial charge >= 0.3 is 0 Å². The van der Waals surface area contributed by atoms with Crippen molar-refractivity contribution in [3.63, 3.8) is 0 Å². The Balaban J connectivity index is 2.05. The van der Waals surface area contributed by atoms with E-state index in [1.165, 1.54) is 67.7 Å². The Morgan fingerprint density at radius 3 is 2.19 bits per heavy atom. The molecular formula is C31H38FN3O6S. The molecule has 9 nitrogen and oxygen atoms in total. The first kappa shape index (κ1) is 32.4. The third-order valence-corrected chi connectivity index (χ3v) is 8.59. The Bertz CT molecular complexity index is 1460. The summed E-state index contributed by atoms with van der Waals surface area (Å²) in [4.78, 5) is 28.3. The van der Waals surface area contributed by atoms with E-state index >= 15 is 0 Å². The van der Waals surface area contributed by atoms with E-state index in [-0.39, 0.29) is 28.8 Å². The predicted molar refractivity (Wildman–Crippen MR) is 160 cm³/mol. The van der Waals surface area contributed by atoms with E-state index in [0.29, 0.717) is 17.9 Å². The molecule has 0 aliphatic carbocycles. The fourth-order valence-electron chi connectivity index (χ4n) is 4.25. The molecule has 3 aromatic rings. The third-order valence-electron chi connectivity index (χ3n) is 6.81. The molecule has 0 aliphatic rings. The Morgan fingerprint density at radius 2 is 1.60 bits per heavy atom. The molecule has 0 radical (unpaired) electrons. The molecule has 0 aliphatic heterocycles. The number of amides is 2. The van der Waals surface area contributed by atoms with Crippen molar-refractivity contribution in [2.24, 2.45) is 0 Å². The van der Waals surface area contributed by atoms with Crippen LogP contribution < -0.4 is 19.1 Å². The third kappa shape index (κ3) is 8.00. The molecule has 3 rings (SSSR count). The fourth-order valence-corrected chi connectivity index (χ4v) is 5.66. The largest absolute Gasteiger partial charge is 0.493 e. The Kier molecular flexibility index (Phi) is 11.3. The number of carbonyl (C=O) groups is 2. The highest BCUT2D eigenvalue weighted by molar-refractivity contribution is 7.92. The number of unbranched alkanes of at least 4 members (excludes halogenated alkanes) is 1. The number of hydrogen-bond donors (Lipinski definition) is 1. The van der Waals surface area contributed by atoms with Crippen LogP contribution in [-0.2, 0) is 26.2 Å². The smallest absolute Gasteiger partial charge is 0.264 e. The molecule has 0 fully saturated rings. The van der Waals surface area contributed by atoms with Gasteiger partial charge in [-0.15, -0.1) is 0 Å². The number of sulfonamides is 1. The number of carbonyl (C=O) groups excluding carboxylic acids is 2. The molecule has 2 amide bonds. The maximum absolute atomic E-state index is 14.0. The average Bonchev–Trinajstić information content (AvgIpc) is 2.98. The van der Waals surface area contributed by atoms with E-state index in [4.69, 9.17) is 9.47 Å². The zero-order chi connectivity index (χ0) is 30.9. The Hall–Kier alpha value is -4.12. The number of nitrogens with zero attached hydrogens (tertiary/aromatic N) is 2. The highest BCUT2D eigenvalue weighted by Gasteiger charge is 2.33. The number of methoxy groups -OCH3 is 2. The van der Waals surface area contributed by atoms with Crippen LogP contribution in [0.1, 0.15) is 37.8 Å². The van der Waals surface area contributed by atoms with E-state index in [0.717, 1.165) is 22.7 Å². The number of ether oxygens (including phenoxy) is 2. The number of benzene rings is 3. The van der Waals surface area contributed by atoms with Gasteiger partial charge in [0.25, 0.3) is 10.0 Å². The molecule has 0 bridgehead atoms. The number of aryl methyl sites for hydroxylation is 1. The SMILES string of the molecule is CCCCNC(=O)C(C)N(Cc1ccc(F)cc1)C(=O)CN(c1ccc(OC)c(OC)c1)S(=O)(=O)c1ccc(C)cc1. The van der Waals surface area contributed by atoms with Crippen LogP contribution in [0.2, 0.25) is 0 Å². The van der Waals surface area contributed by atoms with Gasteiger partial charge in [-0.05, 0) is 62.2 Å². The van der Waals surface area contributed by atoms with Crippen molar-refractivity contribution < 1.29 is 31.9 Å². The molecule has 0 heterocycles. The topological polar surface area (TPSA) is 105 Å². The lowest BCUT2D eigenvalue weighted by molar-refractivity contribution is -0.139. The summed E-state index contributed by atoms with van der Waals surface area (Å²) < 4.78 is 53.3. The van der Waals surface area contributed by atoms with Crippen LogP contribution >= 0.6 is 0 Å². The summed E-state index contributed by atoms with van der Waals surface area (Å²) in [6.45, 7) is 5.21. The van der Waals surface area contributed by atoms with E-state index in [2.05, 4.69) is 5.32 Å². The minimum atomic E-state index is -4.25. The Morgan fingerprint density at radius 1 is 0.952 bits per heavy atom. The number of halogens is 1. The van der Waals surface area contributed by atoms with Gasteiger partial charge < -0.3 is 19.7 Å².